The Morgan fingerprint density at radius 1 is 1.20 bits per heavy atom. The molecule has 0 radical (unpaired) electrons. The van der Waals surface area contributed by atoms with E-state index in [0.717, 1.165) is 33.7 Å². The summed E-state index contributed by atoms with van der Waals surface area (Å²) in [6, 6.07) is 12.2. The van der Waals surface area contributed by atoms with Crippen molar-refractivity contribution >= 4 is 22.4 Å². The van der Waals surface area contributed by atoms with Crippen LogP contribution in [0.4, 0.5) is 0 Å². The third-order valence-electron chi connectivity index (χ3n) is 3.02. The molecule has 3 heteroatoms. The summed E-state index contributed by atoms with van der Waals surface area (Å²) in [5.41, 5.74) is 1.03. The van der Waals surface area contributed by atoms with Gasteiger partial charge in [-0.15, -0.1) is 0 Å². The molecular formula is C17H20ClNO. The molecule has 0 atom stereocenters. The van der Waals surface area contributed by atoms with Crippen molar-refractivity contribution in [1.29, 1.82) is 0 Å². The van der Waals surface area contributed by atoms with Crippen LogP contribution in [0.5, 0.6) is 5.75 Å². The minimum absolute atomic E-state index is 0.447. The van der Waals surface area contributed by atoms with Crippen LogP contribution in [0.3, 0.4) is 0 Å². The summed E-state index contributed by atoms with van der Waals surface area (Å²) in [4.78, 5) is 0. The highest BCUT2D eigenvalue weighted by Crippen LogP contribution is 2.31. The van der Waals surface area contributed by atoms with E-state index in [-0.39, 0.29) is 0 Å². The van der Waals surface area contributed by atoms with Gasteiger partial charge in [-0.25, -0.2) is 0 Å². The summed E-state index contributed by atoms with van der Waals surface area (Å²) in [7, 11) is 0. The average Bonchev–Trinajstić information content (AvgIpc) is 2.45. The lowest BCUT2D eigenvalue weighted by Crippen LogP contribution is -2.26. The van der Waals surface area contributed by atoms with E-state index in [1.54, 1.807) is 0 Å². The maximum atomic E-state index is 6.19. The third kappa shape index (κ3) is 3.75. The molecule has 2 aromatic carbocycles. The number of ether oxygens (including phenoxy) is 1. The van der Waals surface area contributed by atoms with Crippen LogP contribution in [0.25, 0.3) is 10.8 Å². The van der Waals surface area contributed by atoms with E-state index in [0.29, 0.717) is 12.6 Å². The Hall–Kier alpha value is -1.51. The first-order valence-corrected chi connectivity index (χ1v) is 7.16. The van der Waals surface area contributed by atoms with Crippen LogP contribution < -0.4 is 10.1 Å². The molecule has 0 bridgehead atoms. The highest BCUT2D eigenvalue weighted by molar-refractivity contribution is 6.35. The second kappa shape index (κ2) is 6.78. The summed E-state index contributed by atoms with van der Waals surface area (Å²) < 4.78 is 5.87. The van der Waals surface area contributed by atoms with Gasteiger partial charge in [-0.2, -0.15) is 0 Å². The molecule has 0 aliphatic heterocycles. The van der Waals surface area contributed by atoms with Crippen molar-refractivity contribution in [2.24, 2.45) is 0 Å². The van der Waals surface area contributed by atoms with Gasteiger partial charge in [0.2, 0.25) is 0 Å². The van der Waals surface area contributed by atoms with Crippen molar-refractivity contribution < 1.29 is 4.74 Å². The van der Waals surface area contributed by atoms with E-state index < -0.39 is 0 Å². The van der Waals surface area contributed by atoms with E-state index >= 15 is 0 Å². The van der Waals surface area contributed by atoms with E-state index in [2.05, 4.69) is 25.7 Å². The molecule has 0 saturated heterocycles. The molecule has 106 valence electrons. The summed E-state index contributed by atoms with van der Waals surface area (Å²) in [6.07, 6.45) is 0. The molecule has 2 nitrogen and oxygen atoms in total. The fourth-order valence-electron chi connectivity index (χ4n) is 1.94. The van der Waals surface area contributed by atoms with Crippen LogP contribution in [-0.4, -0.2) is 19.2 Å². The monoisotopic (exact) mass is 289 g/mol. The number of rotatable bonds is 6. The van der Waals surface area contributed by atoms with Gasteiger partial charge in [0.15, 0.2) is 0 Å². The van der Waals surface area contributed by atoms with Gasteiger partial charge >= 0.3 is 0 Å². The molecule has 1 N–H and O–H groups in total. The van der Waals surface area contributed by atoms with Gasteiger partial charge < -0.3 is 10.1 Å². The number of fused-ring (bicyclic) bond motifs is 1. The van der Waals surface area contributed by atoms with Gasteiger partial charge in [0.1, 0.15) is 12.4 Å². The normalized spacial score (nSPS) is 11.0. The maximum absolute atomic E-state index is 6.19. The molecule has 2 aromatic rings. The standard InChI is InChI=1S/C17H20ClNO/c1-12(2)19-10-13(3)11-20-17-9-8-16(18)14-6-4-5-7-15(14)17/h4-9,12,19H,3,10-11H2,1-2H3. The van der Waals surface area contributed by atoms with E-state index in [9.17, 15) is 0 Å². The zero-order valence-corrected chi connectivity index (χ0v) is 12.7. The molecule has 0 amide bonds. The van der Waals surface area contributed by atoms with Crippen LogP contribution in [0.15, 0.2) is 48.6 Å². The van der Waals surface area contributed by atoms with Crippen molar-refractivity contribution in [3.63, 3.8) is 0 Å². The Labute approximate surface area is 125 Å². The van der Waals surface area contributed by atoms with E-state index in [4.69, 9.17) is 16.3 Å². The smallest absolute Gasteiger partial charge is 0.127 e. The highest BCUT2D eigenvalue weighted by Gasteiger charge is 2.06. The van der Waals surface area contributed by atoms with Gasteiger partial charge in [-0.3, -0.25) is 0 Å². The molecule has 0 unspecified atom stereocenters. The fourth-order valence-corrected chi connectivity index (χ4v) is 2.17. The number of hydrogen-bond donors (Lipinski definition) is 1. The van der Waals surface area contributed by atoms with Crippen LogP contribution >= 0.6 is 11.6 Å². The summed E-state index contributed by atoms with van der Waals surface area (Å²) >= 11 is 6.19. The summed E-state index contributed by atoms with van der Waals surface area (Å²) in [5.74, 6) is 0.843. The van der Waals surface area contributed by atoms with Crippen molar-refractivity contribution in [1.82, 2.24) is 5.32 Å². The fraction of sp³-hybridized carbons (Fsp3) is 0.294. The molecule has 0 heterocycles. The second-order valence-electron chi connectivity index (χ2n) is 5.17. The predicted octanol–water partition coefficient (Wildman–Crippen LogP) is 4.43. The molecular weight excluding hydrogens is 270 g/mol. The lowest BCUT2D eigenvalue weighted by molar-refractivity contribution is 0.351. The number of hydrogen-bond acceptors (Lipinski definition) is 2. The molecule has 0 aliphatic carbocycles. The Balaban J connectivity index is 2.07. The van der Waals surface area contributed by atoms with Gasteiger partial charge in [0.25, 0.3) is 0 Å². The van der Waals surface area contributed by atoms with Gasteiger partial charge in [-0.1, -0.05) is 56.3 Å². The predicted molar refractivity (Wildman–Crippen MR) is 86.7 cm³/mol. The average molecular weight is 290 g/mol. The van der Waals surface area contributed by atoms with Crippen molar-refractivity contribution in [2.45, 2.75) is 19.9 Å². The molecule has 0 saturated carbocycles. The quantitative estimate of drug-likeness (QED) is 0.795. The Morgan fingerprint density at radius 2 is 1.90 bits per heavy atom. The zero-order chi connectivity index (χ0) is 14.5. The molecule has 20 heavy (non-hydrogen) atoms. The summed E-state index contributed by atoms with van der Waals surface area (Å²) in [6.45, 7) is 9.52. The number of halogens is 1. The molecule has 0 spiro atoms. The number of benzene rings is 2. The topological polar surface area (TPSA) is 21.3 Å². The Kier molecular flexibility index (Phi) is 5.05. The highest BCUT2D eigenvalue weighted by atomic mass is 35.5. The second-order valence-corrected chi connectivity index (χ2v) is 5.57. The van der Waals surface area contributed by atoms with Crippen LogP contribution in [0.2, 0.25) is 5.02 Å². The third-order valence-corrected chi connectivity index (χ3v) is 3.35. The Morgan fingerprint density at radius 3 is 2.60 bits per heavy atom. The Bertz CT molecular complexity index is 607. The molecule has 0 aliphatic rings. The van der Waals surface area contributed by atoms with Crippen LogP contribution in [-0.2, 0) is 0 Å². The lowest BCUT2D eigenvalue weighted by Gasteiger charge is -2.13. The van der Waals surface area contributed by atoms with Crippen molar-refractivity contribution in [2.75, 3.05) is 13.2 Å². The molecule has 0 fully saturated rings. The number of nitrogens with one attached hydrogen (secondary N) is 1. The van der Waals surface area contributed by atoms with Crippen molar-refractivity contribution in [3.05, 3.63) is 53.6 Å². The largest absolute Gasteiger partial charge is 0.489 e. The van der Waals surface area contributed by atoms with Crippen LogP contribution in [0.1, 0.15) is 13.8 Å². The first kappa shape index (κ1) is 14.9. The lowest BCUT2D eigenvalue weighted by atomic mass is 10.1. The maximum Gasteiger partial charge on any atom is 0.127 e. The van der Waals surface area contributed by atoms with Gasteiger partial charge in [-0.05, 0) is 17.7 Å². The summed E-state index contributed by atoms with van der Waals surface area (Å²) in [5, 5.41) is 6.11. The van der Waals surface area contributed by atoms with E-state index in [1.165, 1.54) is 0 Å². The molecule has 0 aromatic heterocycles. The minimum atomic E-state index is 0.447. The van der Waals surface area contributed by atoms with Gasteiger partial charge in [0, 0.05) is 28.4 Å². The SMILES string of the molecule is C=C(CNC(C)C)COc1ccc(Cl)c2ccccc12. The zero-order valence-electron chi connectivity index (χ0n) is 11.9. The van der Waals surface area contributed by atoms with Crippen molar-refractivity contribution in [3.8, 4) is 5.75 Å². The molecule has 2 rings (SSSR count). The van der Waals surface area contributed by atoms with Gasteiger partial charge in [0.05, 0.1) is 0 Å². The minimum Gasteiger partial charge on any atom is -0.489 e. The van der Waals surface area contributed by atoms with Crippen LogP contribution in [0, 0.1) is 0 Å². The first-order chi connectivity index (χ1) is 9.58. The van der Waals surface area contributed by atoms with E-state index in [1.807, 2.05) is 36.4 Å². The first-order valence-electron chi connectivity index (χ1n) is 6.78.